The number of hydrogen-bond acceptors (Lipinski definition) is 3. The fraction of sp³-hybridized carbons (Fsp3) is 1.00. The number of unbranched alkanes of at least 4 members (excludes halogenated alkanes) is 1. The molecule has 0 aromatic heterocycles. The van der Waals surface area contributed by atoms with E-state index in [2.05, 4.69) is 6.92 Å². The topological polar surface area (TPSA) is 29.5 Å². The largest absolute Gasteiger partial charge is 0.390 e. The Bertz CT molecular complexity index is 107. The lowest BCUT2D eigenvalue weighted by Gasteiger charge is -2.12. The monoisotopic (exact) mass is 206 g/mol. The van der Waals surface area contributed by atoms with Crippen molar-refractivity contribution < 1.29 is 9.84 Å². The van der Waals surface area contributed by atoms with E-state index in [-0.39, 0.29) is 12.2 Å². The smallest absolute Gasteiger partial charge is 0.0863 e. The van der Waals surface area contributed by atoms with Gasteiger partial charge in [0.2, 0.25) is 0 Å². The molecule has 1 atom stereocenters. The molecule has 3 heteroatoms. The first-order valence-electron chi connectivity index (χ1n) is 5.04. The van der Waals surface area contributed by atoms with E-state index in [9.17, 15) is 5.11 Å². The van der Waals surface area contributed by atoms with Gasteiger partial charge in [-0.2, -0.15) is 11.8 Å². The Balaban J connectivity index is 3.15. The van der Waals surface area contributed by atoms with Crippen LogP contribution in [0.5, 0.6) is 0 Å². The normalized spacial score (nSPS) is 13.6. The molecule has 13 heavy (non-hydrogen) atoms. The summed E-state index contributed by atoms with van der Waals surface area (Å²) in [6.07, 6.45) is 2.38. The Morgan fingerprint density at radius 1 is 1.38 bits per heavy atom. The van der Waals surface area contributed by atoms with Crippen molar-refractivity contribution in [3.8, 4) is 0 Å². The third-order valence-electron chi connectivity index (χ3n) is 1.57. The van der Waals surface area contributed by atoms with Crippen molar-refractivity contribution in [2.24, 2.45) is 0 Å². The van der Waals surface area contributed by atoms with Crippen LogP contribution < -0.4 is 0 Å². The molecule has 0 bridgehead atoms. The van der Waals surface area contributed by atoms with Crippen LogP contribution in [0.1, 0.15) is 33.6 Å². The molecule has 0 fully saturated rings. The predicted molar refractivity (Wildman–Crippen MR) is 59.3 cm³/mol. The van der Waals surface area contributed by atoms with Crippen LogP contribution in [-0.2, 0) is 4.74 Å². The highest BCUT2D eigenvalue weighted by molar-refractivity contribution is 7.99. The molecule has 0 aliphatic heterocycles. The molecule has 0 aliphatic rings. The summed E-state index contributed by atoms with van der Waals surface area (Å²) in [6, 6.07) is 0. The Morgan fingerprint density at radius 2 is 2.08 bits per heavy atom. The molecule has 0 spiro atoms. The molecule has 0 aliphatic carbocycles. The van der Waals surface area contributed by atoms with Gasteiger partial charge in [-0.1, -0.05) is 13.3 Å². The number of aliphatic hydroxyl groups is 1. The maximum absolute atomic E-state index is 9.45. The van der Waals surface area contributed by atoms with Gasteiger partial charge in [-0.3, -0.25) is 0 Å². The van der Waals surface area contributed by atoms with Crippen molar-refractivity contribution in [2.75, 3.05) is 18.1 Å². The average molecular weight is 206 g/mol. The molecule has 80 valence electrons. The minimum Gasteiger partial charge on any atom is -0.390 e. The minimum absolute atomic E-state index is 0.218. The lowest BCUT2D eigenvalue weighted by Crippen LogP contribution is -2.20. The maximum atomic E-state index is 9.45. The molecule has 0 aromatic rings. The maximum Gasteiger partial charge on any atom is 0.0863 e. The van der Waals surface area contributed by atoms with Crippen LogP contribution in [0, 0.1) is 0 Å². The van der Waals surface area contributed by atoms with E-state index >= 15 is 0 Å². The van der Waals surface area contributed by atoms with Crippen LogP contribution in [0.2, 0.25) is 0 Å². The van der Waals surface area contributed by atoms with E-state index in [0.29, 0.717) is 6.61 Å². The predicted octanol–water partition coefficient (Wildman–Crippen LogP) is 2.31. The van der Waals surface area contributed by atoms with Crippen molar-refractivity contribution in [1.29, 1.82) is 0 Å². The first kappa shape index (κ1) is 13.3. The summed E-state index contributed by atoms with van der Waals surface area (Å²) in [5.74, 6) is 1.95. The third kappa shape index (κ3) is 10.2. The van der Waals surface area contributed by atoms with Crippen molar-refractivity contribution in [3.05, 3.63) is 0 Å². The van der Waals surface area contributed by atoms with E-state index in [1.807, 2.05) is 25.6 Å². The first-order valence-corrected chi connectivity index (χ1v) is 6.19. The molecule has 2 nitrogen and oxygen atoms in total. The fourth-order valence-corrected chi connectivity index (χ4v) is 1.85. The van der Waals surface area contributed by atoms with Crippen molar-refractivity contribution in [2.45, 2.75) is 45.8 Å². The summed E-state index contributed by atoms with van der Waals surface area (Å²) in [6.45, 7) is 6.61. The quantitative estimate of drug-likeness (QED) is 0.618. The van der Waals surface area contributed by atoms with Crippen LogP contribution in [0.3, 0.4) is 0 Å². The van der Waals surface area contributed by atoms with Crippen LogP contribution in [0.25, 0.3) is 0 Å². The highest BCUT2D eigenvalue weighted by atomic mass is 32.2. The van der Waals surface area contributed by atoms with Gasteiger partial charge in [-0.25, -0.2) is 0 Å². The average Bonchev–Trinajstić information content (AvgIpc) is 2.09. The van der Waals surface area contributed by atoms with Crippen LogP contribution in [-0.4, -0.2) is 35.4 Å². The molecule has 0 amide bonds. The van der Waals surface area contributed by atoms with Crippen molar-refractivity contribution in [1.82, 2.24) is 0 Å². The lowest BCUT2D eigenvalue weighted by atomic mass is 10.4. The Morgan fingerprint density at radius 3 is 2.62 bits per heavy atom. The highest BCUT2D eigenvalue weighted by Gasteiger charge is 2.04. The number of aliphatic hydroxyl groups excluding tert-OH is 1. The van der Waals surface area contributed by atoms with Gasteiger partial charge in [0.05, 0.1) is 18.8 Å². The summed E-state index contributed by atoms with van der Waals surface area (Å²) >= 11 is 1.81. The second kappa shape index (κ2) is 8.85. The van der Waals surface area contributed by atoms with Gasteiger partial charge in [0.25, 0.3) is 0 Å². The highest BCUT2D eigenvalue weighted by Crippen LogP contribution is 2.07. The molecule has 0 aromatic carbocycles. The van der Waals surface area contributed by atoms with Gasteiger partial charge in [0.15, 0.2) is 0 Å². The van der Waals surface area contributed by atoms with Gasteiger partial charge in [-0.05, 0) is 26.0 Å². The zero-order valence-electron chi connectivity index (χ0n) is 8.95. The number of hydrogen-bond donors (Lipinski definition) is 1. The van der Waals surface area contributed by atoms with Crippen molar-refractivity contribution in [3.63, 3.8) is 0 Å². The second-order valence-corrected chi connectivity index (χ2v) is 4.61. The van der Waals surface area contributed by atoms with Crippen LogP contribution in [0.15, 0.2) is 0 Å². The standard InChI is InChI=1S/C10H22O2S/c1-4-5-6-13-8-10(11)7-12-9(2)3/h9-11H,4-8H2,1-3H3. The lowest BCUT2D eigenvalue weighted by molar-refractivity contribution is 0.0152. The van der Waals surface area contributed by atoms with E-state index in [1.165, 1.54) is 12.8 Å². The zero-order valence-corrected chi connectivity index (χ0v) is 9.77. The molecule has 1 N–H and O–H groups in total. The second-order valence-electron chi connectivity index (χ2n) is 3.46. The summed E-state index contributed by atoms with van der Waals surface area (Å²) in [5.41, 5.74) is 0. The zero-order chi connectivity index (χ0) is 10.1. The number of thioether (sulfide) groups is 1. The SMILES string of the molecule is CCCCSCC(O)COC(C)C. The summed E-state index contributed by atoms with van der Waals surface area (Å²) < 4.78 is 5.30. The van der Waals surface area contributed by atoms with Crippen molar-refractivity contribution >= 4 is 11.8 Å². The molecule has 0 heterocycles. The molecule has 0 saturated heterocycles. The Labute approximate surface area is 86.1 Å². The first-order chi connectivity index (χ1) is 6.16. The summed E-state index contributed by atoms with van der Waals surface area (Å²) in [4.78, 5) is 0. The molecule has 0 radical (unpaired) electrons. The van der Waals surface area contributed by atoms with E-state index in [1.54, 1.807) is 0 Å². The number of rotatable bonds is 8. The molecular weight excluding hydrogens is 184 g/mol. The van der Waals surface area contributed by atoms with Gasteiger partial charge in [0.1, 0.15) is 0 Å². The number of ether oxygens (including phenoxy) is 1. The van der Waals surface area contributed by atoms with Gasteiger partial charge in [0, 0.05) is 5.75 Å². The Kier molecular flexibility index (Phi) is 9.03. The van der Waals surface area contributed by atoms with E-state index in [4.69, 9.17) is 4.74 Å². The summed E-state index contributed by atoms with van der Waals surface area (Å²) in [5, 5.41) is 9.45. The molecule has 0 rings (SSSR count). The van der Waals surface area contributed by atoms with Crippen LogP contribution in [0.4, 0.5) is 0 Å². The third-order valence-corrected chi connectivity index (χ3v) is 2.77. The van der Waals surface area contributed by atoms with Gasteiger partial charge >= 0.3 is 0 Å². The molecule has 1 unspecified atom stereocenters. The fourth-order valence-electron chi connectivity index (χ4n) is 0.817. The van der Waals surface area contributed by atoms with E-state index < -0.39 is 0 Å². The van der Waals surface area contributed by atoms with Gasteiger partial charge < -0.3 is 9.84 Å². The molecule has 0 saturated carbocycles. The minimum atomic E-state index is -0.302. The Hall–Kier alpha value is 0.270. The summed E-state index contributed by atoms with van der Waals surface area (Å²) in [7, 11) is 0. The molecular formula is C10H22O2S. The van der Waals surface area contributed by atoms with E-state index in [0.717, 1.165) is 11.5 Å². The van der Waals surface area contributed by atoms with Gasteiger partial charge in [-0.15, -0.1) is 0 Å². The van der Waals surface area contributed by atoms with Crippen LogP contribution >= 0.6 is 11.8 Å².